The zero-order valence-corrected chi connectivity index (χ0v) is 10.5. The van der Waals surface area contributed by atoms with Gasteiger partial charge in [-0.15, -0.1) is 5.10 Å². The van der Waals surface area contributed by atoms with Crippen LogP contribution in [0.25, 0.3) is 0 Å². The molecule has 3 N–H and O–H groups in total. The van der Waals surface area contributed by atoms with Crippen molar-refractivity contribution in [2.75, 3.05) is 10.6 Å². The van der Waals surface area contributed by atoms with E-state index in [9.17, 15) is 9.59 Å². The van der Waals surface area contributed by atoms with Gasteiger partial charge in [-0.2, -0.15) is 4.98 Å². The Morgan fingerprint density at radius 1 is 1.26 bits per heavy atom. The highest BCUT2D eigenvalue weighted by atomic mass is 16.2. The van der Waals surface area contributed by atoms with Crippen LogP contribution < -0.4 is 10.6 Å². The van der Waals surface area contributed by atoms with E-state index in [0.717, 1.165) is 0 Å². The summed E-state index contributed by atoms with van der Waals surface area (Å²) in [7, 11) is 0. The van der Waals surface area contributed by atoms with Gasteiger partial charge in [-0.1, -0.05) is 6.07 Å². The predicted molar refractivity (Wildman–Crippen MR) is 69.8 cm³/mol. The number of carbonyl (C=O) groups excluding carboxylic acids is 2. The van der Waals surface area contributed by atoms with E-state index < -0.39 is 0 Å². The number of nitrogens with zero attached hydrogens (tertiary/aromatic N) is 2. The minimum Gasteiger partial charge on any atom is -0.326 e. The molecule has 0 unspecified atom stereocenters. The van der Waals surface area contributed by atoms with Crippen LogP contribution in [-0.2, 0) is 4.79 Å². The number of rotatable bonds is 3. The summed E-state index contributed by atoms with van der Waals surface area (Å²) < 4.78 is 0. The second-order valence-electron chi connectivity index (χ2n) is 3.96. The summed E-state index contributed by atoms with van der Waals surface area (Å²) in [6.45, 7) is 3.14. The van der Waals surface area contributed by atoms with Gasteiger partial charge < -0.3 is 5.32 Å². The van der Waals surface area contributed by atoms with E-state index in [-0.39, 0.29) is 17.8 Å². The molecule has 2 rings (SSSR count). The molecule has 1 aromatic heterocycles. The summed E-state index contributed by atoms with van der Waals surface area (Å²) in [5, 5.41) is 11.6. The molecule has 0 fully saturated rings. The Labute approximate surface area is 109 Å². The molecule has 2 amide bonds. The number of aromatic nitrogens is 3. The maximum Gasteiger partial charge on any atom is 0.258 e. The lowest BCUT2D eigenvalue weighted by Gasteiger charge is -2.05. The van der Waals surface area contributed by atoms with Crippen molar-refractivity contribution < 1.29 is 9.59 Å². The number of anilines is 2. The van der Waals surface area contributed by atoms with E-state index in [4.69, 9.17) is 0 Å². The Morgan fingerprint density at radius 2 is 2.05 bits per heavy atom. The molecule has 1 aromatic carbocycles. The zero-order valence-electron chi connectivity index (χ0n) is 10.5. The molecule has 2 aromatic rings. The van der Waals surface area contributed by atoms with Crippen molar-refractivity contribution in [3.8, 4) is 0 Å². The molecular weight excluding hydrogens is 246 g/mol. The minimum absolute atomic E-state index is 0.192. The molecule has 0 saturated carbocycles. The van der Waals surface area contributed by atoms with Gasteiger partial charge in [0.1, 0.15) is 5.82 Å². The summed E-state index contributed by atoms with van der Waals surface area (Å²) in [6, 6.07) is 6.61. The first-order chi connectivity index (χ1) is 9.04. The zero-order chi connectivity index (χ0) is 13.8. The third kappa shape index (κ3) is 3.38. The number of carbonyl (C=O) groups is 2. The van der Waals surface area contributed by atoms with E-state index in [2.05, 4.69) is 25.8 Å². The first-order valence-electron chi connectivity index (χ1n) is 5.62. The second kappa shape index (κ2) is 5.30. The lowest BCUT2D eigenvalue weighted by Crippen LogP contribution is -2.14. The van der Waals surface area contributed by atoms with Crippen molar-refractivity contribution in [2.45, 2.75) is 13.8 Å². The number of aryl methyl sites for hydroxylation is 1. The third-order valence-corrected chi connectivity index (χ3v) is 2.27. The fraction of sp³-hybridized carbons (Fsp3) is 0.167. The SMILES string of the molecule is CC(=O)Nc1cccc(C(=O)Nc2n[nH]c(C)n2)c1. The Balaban J connectivity index is 2.12. The summed E-state index contributed by atoms with van der Waals surface area (Å²) in [6.07, 6.45) is 0. The number of hydrogen-bond acceptors (Lipinski definition) is 4. The predicted octanol–water partition coefficient (Wildman–Crippen LogP) is 1.32. The van der Waals surface area contributed by atoms with Crippen molar-refractivity contribution in [3.63, 3.8) is 0 Å². The molecule has 0 bridgehead atoms. The smallest absolute Gasteiger partial charge is 0.258 e. The Kier molecular flexibility index (Phi) is 3.56. The van der Waals surface area contributed by atoms with Crippen LogP contribution in [-0.4, -0.2) is 27.0 Å². The maximum absolute atomic E-state index is 11.9. The van der Waals surface area contributed by atoms with Crippen LogP contribution in [0.3, 0.4) is 0 Å². The van der Waals surface area contributed by atoms with Crippen molar-refractivity contribution in [1.82, 2.24) is 15.2 Å². The minimum atomic E-state index is -0.341. The van der Waals surface area contributed by atoms with Gasteiger partial charge in [-0.3, -0.25) is 20.0 Å². The molecule has 0 saturated heterocycles. The van der Waals surface area contributed by atoms with E-state index in [0.29, 0.717) is 17.1 Å². The summed E-state index contributed by atoms with van der Waals surface area (Å²) >= 11 is 0. The largest absolute Gasteiger partial charge is 0.326 e. The second-order valence-corrected chi connectivity index (χ2v) is 3.96. The number of hydrogen-bond donors (Lipinski definition) is 3. The standard InChI is InChI=1S/C12H13N5O2/c1-7-13-12(17-16-7)15-11(19)9-4-3-5-10(6-9)14-8(2)18/h3-6H,1-2H3,(H,14,18)(H2,13,15,16,17,19). The molecule has 19 heavy (non-hydrogen) atoms. The lowest BCUT2D eigenvalue weighted by atomic mass is 10.2. The topological polar surface area (TPSA) is 99.8 Å². The van der Waals surface area contributed by atoms with Crippen LogP contribution in [0.1, 0.15) is 23.1 Å². The van der Waals surface area contributed by atoms with Crippen LogP contribution in [0.15, 0.2) is 24.3 Å². The van der Waals surface area contributed by atoms with Gasteiger partial charge in [0.2, 0.25) is 11.9 Å². The Morgan fingerprint density at radius 3 is 2.68 bits per heavy atom. The van der Waals surface area contributed by atoms with E-state index in [1.54, 1.807) is 31.2 Å². The number of benzene rings is 1. The number of H-pyrrole nitrogens is 1. The third-order valence-electron chi connectivity index (χ3n) is 2.27. The number of aromatic amines is 1. The van der Waals surface area contributed by atoms with Crippen molar-refractivity contribution in [2.24, 2.45) is 0 Å². The van der Waals surface area contributed by atoms with Crippen LogP contribution in [0.4, 0.5) is 11.6 Å². The molecule has 1 heterocycles. The average Bonchev–Trinajstić information content (AvgIpc) is 2.74. The lowest BCUT2D eigenvalue weighted by molar-refractivity contribution is -0.114. The van der Waals surface area contributed by atoms with Crippen molar-refractivity contribution in [1.29, 1.82) is 0 Å². The maximum atomic E-state index is 11.9. The van der Waals surface area contributed by atoms with Crippen LogP contribution >= 0.6 is 0 Å². The summed E-state index contributed by atoms with van der Waals surface area (Å²) in [5.41, 5.74) is 0.972. The van der Waals surface area contributed by atoms with Crippen molar-refractivity contribution in [3.05, 3.63) is 35.7 Å². The molecule has 0 spiro atoms. The van der Waals surface area contributed by atoms with Gasteiger partial charge in [0, 0.05) is 18.2 Å². The van der Waals surface area contributed by atoms with Gasteiger partial charge in [0.05, 0.1) is 0 Å². The highest BCUT2D eigenvalue weighted by Crippen LogP contribution is 2.12. The van der Waals surface area contributed by atoms with Gasteiger partial charge in [0.15, 0.2) is 0 Å². The average molecular weight is 259 g/mol. The first kappa shape index (κ1) is 12.7. The van der Waals surface area contributed by atoms with Crippen molar-refractivity contribution >= 4 is 23.5 Å². The van der Waals surface area contributed by atoms with Gasteiger partial charge >= 0.3 is 0 Å². The normalized spacial score (nSPS) is 10.0. The molecule has 0 radical (unpaired) electrons. The van der Waals surface area contributed by atoms with E-state index in [1.165, 1.54) is 6.92 Å². The first-order valence-corrected chi connectivity index (χ1v) is 5.62. The molecule has 0 aliphatic rings. The summed E-state index contributed by atoms with van der Waals surface area (Å²) in [5.74, 6) is 0.295. The van der Waals surface area contributed by atoms with Gasteiger partial charge in [-0.25, -0.2) is 0 Å². The fourth-order valence-corrected chi connectivity index (χ4v) is 1.51. The van der Waals surface area contributed by atoms with Crippen LogP contribution in [0.2, 0.25) is 0 Å². The Hall–Kier alpha value is -2.70. The summed E-state index contributed by atoms with van der Waals surface area (Å²) in [4.78, 5) is 26.9. The van der Waals surface area contributed by atoms with Crippen LogP contribution in [0.5, 0.6) is 0 Å². The highest BCUT2D eigenvalue weighted by Gasteiger charge is 2.09. The molecule has 7 heteroatoms. The van der Waals surface area contributed by atoms with E-state index >= 15 is 0 Å². The molecule has 7 nitrogen and oxygen atoms in total. The van der Waals surface area contributed by atoms with Gasteiger partial charge in [0.25, 0.3) is 5.91 Å². The van der Waals surface area contributed by atoms with Crippen LogP contribution in [0, 0.1) is 6.92 Å². The molecule has 0 atom stereocenters. The molecule has 0 aliphatic carbocycles. The number of amides is 2. The van der Waals surface area contributed by atoms with Gasteiger partial charge in [-0.05, 0) is 25.1 Å². The highest BCUT2D eigenvalue weighted by molar-refractivity contribution is 6.04. The molecule has 98 valence electrons. The van der Waals surface area contributed by atoms with E-state index in [1.807, 2.05) is 0 Å². The quantitative estimate of drug-likeness (QED) is 0.774. The molecule has 0 aliphatic heterocycles. The fourth-order valence-electron chi connectivity index (χ4n) is 1.51. The number of nitrogens with one attached hydrogen (secondary N) is 3. The molecular formula is C12H13N5O2. The monoisotopic (exact) mass is 259 g/mol. The Bertz CT molecular complexity index is 620.